The highest BCUT2D eigenvalue weighted by Crippen LogP contribution is 2.22. The van der Waals surface area contributed by atoms with E-state index in [0.717, 1.165) is 51.4 Å². The first-order chi connectivity index (χ1) is 14.3. The molecule has 2 heterocycles. The highest BCUT2D eigenvalue weighted by Gasteiger charge is 2.20. The van der Waals surface area contributed by atoms with Gasteiger partial charge in [0.25, 0.3) is 0 Å². The SMILES string of the molecule is Fc1ccccc1N1CCN(c2ccnc(NCCCc3ccccc3)n2)CC1. The number of nitrogens with zero attached hydrogens (tertiary/aromatic N) is 4. The first-order valence-corrected chi connectivity index (χ1v) is 10.1. The van der Waals surface area contributed by atoms with Gasteiger partial charge in [0.2, 0.25) is 5.95 Å². The van der Waals surface area contributed by atoms with E-state index < -0.39 is 0 Å². The second-order valence-corrected chi connectivity index (χ2v) is 7.18. The van der Waals surface area contributed by atoms with E-state index in [1.807, 2.05) is 24.3 Å². The van der Waals surface area contributed by atoms with E-state index >= 15 is 0 Å². The molecular formula is C23H26FN5. The molecule has 0 radical (unpaired) electrons. The van der Waals surface area contributed by atoms with Crippen LogP contribution in [0.2, 0.25) is 0 Å². The molecule has 1 aromatic heterocycles. The van der Waals surface area contributed by atoms with Crippen LogP contribution in [0.5, 0.6) is 0 Å². The lowest BCUT2D eigenvalue weighted by Gasteiger charge is -2.36. The molecule has 0 spiro atoms. The van der Waals surface area contributed by atoms with Crippen LogP contribution < -0.4 is 15.1 Å². The summed E-state index contributed by atoms with van der Waals surface area (Å²) >= 11 is 0. The van der Waals surface area contributed by atoms with Gasteiger partial charge in [-0.25, -0.2) is 9.37 Å². The van der Waals surface area contributed by atoms with Crippen LogP contribution in [0.25, 0.3) is 0 Å². The van der Waals surface area contributed by atoms with Crippen molar-refractivity contribution in [3.8, 4) is 0 Å². The molecule has 1 saturated heterocycles. The number of aryl methyl sites for hydroxylation is 1. The maximum Gasteiger partial charge on any atom is 0.224 e. The topological polar surface area (TPSA) is 44.3 Å². The van der Waals surface area contributed by atoms with Crippen molar-refractivity contribution in [1.29, 1.82) is 0 Å². The third kappa shape index (κ3) is 5.02. The van der Waals surface area contributed by atoms with E-state index in [9.17, 15) is 4.39 Å². The summed E-state index contributed by atoms with van der Waals surface area (Å²) in [6, 6.07) is 19.4. The Morgan fingerprint density at radius 3 is 2.38 bits per heavy atom. The van der Waals surface area contributed by atoms with Crippen LogP contribution in [0.1, 0.15) is 12.0 Å². The molecule has 0 atom stereocenters. The van der Waals surface area contributed by atoms with Gasteiger partial charge in [0.1, 0.15) is 11.6 Å². The van der Waals surface area contributed by atoms with Crippen LogP contribution in [0.4, 0.5) is 21.8 Å². The molecule has 3 aromatic rings. The minimum absolute atomic E-state index is 0.162. The Morgan fingerprint density at radius 1 is 0.862 bits per heavy atom. The number of piperazine rings is 1. The summed E-state index contributed by atoms with van der Waals surface area (Å²) in [5.41, 5.74) is 2.02. The van der Waals surface area contributed by atoms with E-state index in [2.05, 4.69) is 49.4 Å². The van der Waals surface area contributed by atoms with E-state index in [0.29, 0.717) is 11.6 Å². The largest absolute Gasteiger partial charge is 0.366 e. The molecule has 0 amide bonds. The molecule has 1 fully saturated rings. The van der Waals surface area contributed by atoms with E-state index in [-0.39, 0.29) is 5.82 Å². The van der Waals surface area contributed by atoms with Crippen molar-refractivity contribution in [3.63, 3.8) is 0 Å². The summed E-state index contributed by atoms with van der Waals surface area (Å²) in [6.45, 7) is 3.98. The number of aromatic nitrogens is 2. The highest BCUT2D eigenvalue weighted by molar-refractivity contribution is 5.51. The fourth-order valence-corrected chi connectivity index (χ4v) is 3.63. The maximum atomic E-state index is 14.0. The maximum absolute atomic E-state index is 14.0. The van der Waals surface area contributed by atoms with Gasteiger partial charge in [0, 0.05) is 38.9 Å². The first-order valence-electron chi connectivity index (χ1n) is 10.1. The Kier molecular flexibility index (Phi) is 6.19. The molecular weight excluding hydrogens is 365 g/mol. The highest BCUT2D eigenvalue weighted by atomic mass is 19.1. The third-order valence-electron chi connectivity index (χ3n) is 5.21. The lowest BCUT2D eigenvalue weighted by atomic mass is 10.1. The number of para-hydroxylation sites is 1. The molecule has 1 N–H and O–H groups in total. The van der Waals surface area contributed by atoms with E-state index in [1.54, 1.807) is 12.3 Å². The second kappa shape index (κ2) is 9.37. The van der Waals surface area contributed by atoms with E-state index in [1.165, 1.54) is 11.6 Å². The lowest BCUT2D eigenvalue weighted by Crippen LogP contribution is -2.47. The van der Waals surface area contributed by atoms with Crippen molar-refractivity contribution in [2.45, 2.75) is 12.8 Å². The molecule has 0 bridgehead atoms. The van der Waals surface area contributed by atoms with Crippen molar-refractivity contribution in [3.05, 3.63) is 78.2 Å². The molecule has 0 unspecified atom stereocenters. The predicted molar refractivity (Wildman–Crippen MR) is 116 cm³/mol. The minimum Gasteiger partial charge on any atom is -0.366 e. The molecule has 29 heavy (non-hydrogen) atoms. The van der Waals surface area contributed by atoms with E-state index in [4.69, 9.17) is 0 Å². The fourth-order valence-electron chi connectivity index (χ4n) is 3.63. The van der Waals surface area contributed by atoms with Gasteiger partial charge < -0.3 is 15.1 Å². The van der Waals surface area contributed by atoms with Crippen molar-refractivity contribution >= 4 is 17.5 Å². The zero-order chi connectivity index (χ0) is 19.9. The second-order valence-electron chi connectivity index (χ2n) is 7.18. The predicted octanol–water partition coefficient (Wildman–Crippen LogP) is 3.99. The molecule has 1 aliphatic rings. The van der Waals surface area contributed by atoms with Gasteiger partial charge in [-0.1, -0.05) is 42.5 Å². The number of benzene rings is 2. The van der Waals surface area contributed by atoms with Gasteiger partial charge in [0.05, 0.1) is 5.69 Å². The van der Waals surface area contributed by atoms with Crippen LogP contribution in [0.15, 0.2) is 66.9 Å². The average Bonchev–Trinajstić information content (AvgIpc) is 2.78. The smallest absolute Gasteiger partial charge is 0.224 e. The lowest BCUT2D eigenvalue weighted by molar-refractivity contribution is 0.596. The summed E-state index contributed by atoms with van der Waals surface area (Å²) in [5.74, 6) is 1.41. The molecule has 1 aliphatic heterocycles. The molecule has 6 heteroatoms. The summed E-state index contributed by atoms with van der Waals surface area (Å²) in [6.07, 6.45) is 3.86. The Balaban J connectivity index is 1.28. The first kappa shape index (κ1) is 19.2. The molecule has 2 aromatic carbocycles. The Morgan fingerprint density at radius 2 is 1.59 bits per heavy atom. The molecule has 0 saturated carbocycles. The van der Waals surface area contributed by atoms with Crippen LogP contribution in [-0.2, 0) is 6.42 Å². The van der Waals surface area contributed by atoms with Gasteiger partial charge in [-0.15, -0.1) is 0 Å². The number of hydrogen-bond donors (Lipinski definition) is 1. The van der Waals surface area contributed by atoms with Crippen LogP contribution in [-0.4, -0.2) is 42.7 Å². The minimum atomic E-state index is -0.162. The average molecular weight is 391 g/mol. The van der Waals surface area contributed by atoms with Crippen molar-refractivity contribution in [2.75, 3.05) is 47.8 Å². The zero-order valence-electron chi connectivity index (χ0n) is 16.5. The van der Waals surface area contributed by atoms with Gasteiger partial charge in [-0.2, -0.15) is 4.98 Å². The summed E-state index contributed by atoms with van der Waals surface area (Å²) in [7, 11) is 0. The standard InChI is InChI=1S/C23H26FN5/c24-20-10-4-5-11-21(20)28-15-17-29(18-16-28)22-12-14-26-23(27-22)25-13-6-9-19-7-2-1-3-8-19/h1-5,7-8,10-12,14H,6,9,13,15-18H2,(H,25,26,27). The quantitative estimate of drug-likeness (QED) is 0.617. The van der Waals surface area contributed by atoms with Crippen molar-refractivity contribution in [1.82, 2.24) is 9.97 Å². The Labute approximate surface area is 171 Å². The van der Waals surface area contributed by atoms with Crippen molar-refractivity contribution < 1.29 is 4.39 Å². The summed E-state index contributed by atoms with van der Waals surface area (Å²) in [4.78, 5) is 13.3. The summed E-state index contributed by atoms with van der Waals surface area (Å²) < 4.78 is 14.0. The Hall–Kier alpha value is -3.15. The summed E-state index contributed by atoms with van der Waals surface area (Å²) in [5, 5.41) is 3.33. The van der Waals surface area contributed by atoms with Gasteiger partial charge in [-0.05, 0) is 36.6 Å². The normalized spacial score (nSPS) is 14.1. The monoisotopic (exact) mass is 391 g/mol. The fraction of sp³-hybridized carbons (Fsp3) is 0.304. The third-order valence-corrected chi connectivity index (χ3v) is 5.21. The molecule has 0 aliphatic carbocycles. The van der Waals surface area contributed by atoms with Gasteiger partial charge in [-0.3, -0.25) is 0 Å². The van der Waals surface area contributed by atoms with Gasteiger partial charge >= 0.3 is 0 Å². The number of rotatable bonds is 7. The molecule has 5 nitrogen and oxygen atoms in total. The number of hydrogen-bond acceptors (Lipinski definition) is 5. The number of anilines is 3. The van der Waals surface area contributed by atoms with Crippen LogP contribution in [0.3, 0.4) is 0 Å². The number of halogens is 1. The Bertz CT molecular complexity index is 910. The van der Waals surface area contributed by atoms with Crippen LogP contribution in [0, 0.1) is 5.82 Å². The zero-order valence-corrected chi connectivity index (χ0v) is 16.5. The van der Waals surface area contributed by atoms with Crippen LogP contribution >= 0.6 is 0 Å². The molecule has 150 valence electrons. The van der Waals surface area contributed by atoms with Crippen molar-refractivity contribution in [2.24, 2.45) is 0 Å². The number of nitrogens with one attached hydrogen (secondary N) is 1. The molecule has 4 rings (SSSR count). The van der Waals surface area contributed by atoms with Gasteiger partial charge in [0.15, 0.2) is 0 Å².